The Labute approximate surface area is 127 Å². The molecule has 0 aliphatic carbocycles. The van der Waals surface area contributed by atoms with Gasteiger partial charge < -0.3 is 10.1 Å². The lowest BCUT2D eigenvalue weighted by Crippen LogP contribution is -2.10. The van der Waals surface area contributed by atoms with Crippen LogP contribution < -0.4 is 10.1 Å². The fourth-order valence-corrected chi connectivity index (χ4v) is 1.97. The molecule has 1 N–H and O–H groups in total. The van der Waals surface area contributed by atoms with Crippen molar-refractivity contribution < 1.29 is 4.74 Å². The van der Waals surface area contributed by atoms with E-state index in [2.05, 4.69) is 50.1 Å². The maximum atomic E-state index is 5.88. The van der Waals surface area contributed by atoms with Crippen molar-refractivity contribution in [2.75, 3.05) is 11.9 Å². The highest BCUT2D eigenvalue weighted by Crippen LogP contribution is 2.28. The molecule has 2 aromatic rings. The molecule has 0 unspecified atom stereocenters. The predicted octanol–water partition coefficient (Wildman–Crippen LogP) is 4.99. The molecule has 0 spiro atoms. The first-order valence-corrected chi connectivity index (χ1v) is 7.48. The van der Waals surface area contributed by atoms with E-state index >= 15 is 0 Å². The van der Waals surface area contributed by atoms with Gasteiger partial charge in [0.25, 0.3) is 0 Å². The monoisotopic (exact) mass is 284 g/mol. The van der Waals surface area contributed by atoms with Crippen LogP contribution >= 0.6 is 0 Å². The largest absolute Gasteiger partial charge is 0.439 e. The van der Waals surface area contributed by atoms with Crippen LogP contribution in [0.3, 0.4) is 0 Å². The zero-order valence-electron chi connectivity index (χ0n) is 13.3. The van der Waals surface area contributed by atoms with Crippen molar-refractivity contribution in [2.24, 2.45) is 0 Å². The average molecular weight is 284 g/mol. The van der Waals surface area contributed by atoms with Crippen molar-refractivity contribution in [1.82, 2.24) is 4.98 Å². The average Bonchev–Trinajstić information content (AvgIpc) is 2.45. The minimum absolute atomic E-state index is 0.108. The molecule has 2 rings (SSSR count). The maximum absolute atomic E-state index is 5.88. The summed E-state index contributed by atoms with van der Waals surface area (Å²) in [5.74, 6) is 2.28. The number of nitrogens with zero attached hydrogens (tertiary/aromatic N) is 1. The minimum Gasteiger partial charge on any atom is -0.439 e. The number of hydrogen-bond donors (Lipinski definition) is 1. The third-order valence-corrected chi connectivity index (χ3v) is 3.20. The first-order chi connectivity index (χ1) is 9.99. The Kier molecular flexibility index (Phi) is 4.84. The van der Waals surface area contributed by atoms with Gasteiger partial charge in [-0.2, -0.15) is 4.98 Å². The Morgan fingerprint density at radius 3 is 2.57 bits per heavy atom. The van der Waals surface area contributed by atoms with Gasteiger partial charge in [-0.05, 0) is 35.6 Å². The van der Waals surface area contributed by atoms with Crippen molar-refractivity contribution in [3.8, 4) is 11.6 Å². The molecule has 3 heteroatoms. The van der Waals surface area contributed by atoms with Gasteiger partial charge in [0.05, 0.1) is 0 Å². The van der Waals surface area contributed by atoms with Crippen LogP contribution in [0, 0.1) is 0 Å². The maximum Gasteiger partial charge on any atom is 0.221 e. The number of anilines is 1. The van der Waals surface area contributed by atoms with Crippen molar-refractivity contribution >= 4 is 5.82 Å². The quantitative estimate of drug-likeness (QED) is 0.839. The van der Waals surface area contributed by atoms with Crippen LogP contribution in [0.4, 0.5) is 5.82 Å². The summed E-state index contributed by atoms with van der Waals surface area (Å²) in [7, 11) is 0. The minimum atomic E-state index is 0.108. The van der Waals surface area contributed by atoms with E-state index in [4.69, 9.17) is 4.74 Å². The second-order valence-corrected chi connectivity index (χ2v) is 6.17. The molecule has 0 bridgehead atoms. The van der Waals surface area contributed by atoms with Gasteiger partial charge in [0, 0.05) is 12.6 Å². The number of nitrogens with one attached hydrogen (secondary N) is 1. The summed E-state index contributed by atoms with van der Waals surface area (Å²) in [6, 6.07) is 14.0. The molecule has 0 atom stereocenters. The first kappa shape index (κ1) is 15.4. The van der Waals surface area contributed by atoms with E-state index in [1.165, 1.54) is 5.56 Å². The molecule has 112 valence electrons. The Morgan fingerprint density at radius 2 is 1.86 bits per heavy atom. The second kappa shape index (κ2) is 6.61. The molecule has 0 saturated heterocycles. The molecular weight excluding hydrogens is 260 g/mol. The van der Waals surface area contributed by atoms with E-state index in [0.717, 1.165) is 24.5 Å². The van der Waals surface area contributed by atoms with Crippen LogP contribution in [0.15, 0.2) is 42.5 Å². The molecule has 0 fully saturated rings. The number of ether oxygens (including phenoxy) is 1. The SMILES string of the molecule is CCCNc1cccc(Oc2cccc(C(C)(C)C)c2)n1. The predicted molar refractivity (Wildman–Crippen MR) is 88.2 cm³/mol. The Bertz CT molecular complexity index is 588. The summed E-state index contributed by atoms with van der Waals surface area (Å²) < 4.78 is 5.88. The summed E-state index contributed by atoms with van der Waals surface area (Å²) >= 11 is 0. The van der Waals surface area contributed by atoms with E-state index in [1.807, 2.05) is 30.3 Å². The zero-order valence-corrected chi connectivity index (χ0v) is 13.3. The van der Waals surface area contributed by atoms with Crippen LogP contribution in [0.5, 0.6) is 11.6 Å². The lowest BCUT2D eigenvalue weighted by molar-refractivity contribution is 0.460. The normalized spacial score (nSPS) is 11.2. The van der Waals surface area contributed by atoms with E-state index in [0.29, 0.717) is 5.88 Å². The fourth-order valence-electron chi connectivity index (χ4n) is 1.97. The van der Waals surface area contributed by atoms with Gasteiger partial charge in [0.2, 0.25) is 5.88 Å². The summed E-state index contributed by atoms with van der Waals surface area (Å²) in [4.78, 5) is 4.46. The molecule has 0 aliphatic rings. The number of aromatic nitrogens is 1. The van der Waals surface area contributed by atoms with Crippen LogP contribution in [0.25, 0.3) is 0 Å². The van der Waals surface area contributed by atoms with Crippen molar-refractivity contribution in [3.05, 3.63) is 48.0 Å². The van der Waals surface area contributed by atoms with E-state index in [9.17, 15) is 0 Å². The van der Waals surface area contributed by atoms with Crippen molar-refractivity contribution in [2.45, 2.75) is 39.5 Å². The smallest absolute Gasteiger partial charge is 0.221 e. The standard InChI is InChI=1S/C18H24N2O/c1-5-12-19-16-10-7-11-17(20-16)21-15-9-6-8-14(13-15)18(2,3)4/h6-11,13H,5,12H2,1-4H3,(H,19,20). The first-order valence-electron chi connectivity index (χ1n) is 7.48. The summed E-state index contributed by atoms with van der Waals surface area (Å²) in [6.45, 7) is 9.63. The van der Waals surface area contributed by atoms with Gasteiger partial charge >= 0.3 is 0 Å². The number of benzene rings is 1. The molecule has 0 radical (unpaired) electrons. The van der Waals surface area contributed by atoms with Crippen molar-refractivity contribution in [1.29, 1.82) is 0 Å². The fraction of sp³-hybridized carbons (Fsp3) is 0.389. The summed E-state index contributed by atoms with van der Waals surface area (Å²) in [5.41, 5.74) is 1.36. The third-order valence-electron chi connectivity index (χ3n) is 3.20. The molecule has 21 heavy (non-hydrogen) atoms. The molecule has 0 aliphatic heterocycles. The lowest BCUT2D eigenvalue weighted by Gasteiger charge is -2.19. The van der Waals surface area contributed by atoms with E-state index in [-0.39, 0.29) is 5.41 Å². The lowest BCUT2D eigenvalue weighted by atomic mass is 9.87. The van der Waals surface area contributed by atoms with Crippen molar-refractivity contribution in [3.63, 3.8) is 0 Å². The second-order valence-electron chi connectivity index (χ2n) is 6.17. The Morgan fingerprint density at radius 1 is 1.10 bits per heavy atom. The molecule has 1 heterocycles. The topological polar surface area (TPSA) is 34.1 Å². The molecular formula is C18H24N2O. The Balaban J connectivity index is 2.14. The van der Waals surface area contributed by atoms with Crippen LogP contribution in [-0.2, 0) is 5.41 Å². The zero-order chi connectivity index (χ0) is 15.3. The van der Waals surface area contributed by atoms with E-state index in [1.54, 1.807) is 0 Å². The van der Waals surface area contributed by atoms with Gasteiger partial charge in [0.15, 0.2) is 0 Å². The number of pyridine rings is 1. The van der Waals surface area contributed by atoms with Gasteiger partial charge in [-0.15, -0.1) is 0 Å². The molecule has 3 nitrogen and oxygen atoms in total. The number of rotatable bonds is 5. The Hall–Kier alpha value is -2.03. The molecule has 0 amide bonds. The van der Waals surface area contributed by atoms with Gasteiger partial charge in [-0.1, -0.05) is 45.9 Å². The van der Waals surface area contributed by atoms with Gasteiger partial charge in [-0.3, -0.25) is 0 Å². The molecule has 1 aromatic carbocycles. The highest BCUT2D eigenvalue weighted by Gasteiger charge is 2.14. The van der Waals surface area contributed by atoms with Gasteiger partial charge in [-0.25, -0.2) is 0 Å². The van der Waals surface area contributed by atoms with E-state index < -0.39 is 0 Å². The summed E-state index contributed by atoms with van der Waals surface area (Å²) in [6.07, 6.45) is 1.07. The number of hydrogen-bond acceptors (Lipinski definition) is 3. The third kappa shape index (κ3) is 4.48. The molecule has 1 aromatic heterocycles. The summed E-state index contributed by atoms with van der Waals surface area (Å²) in [5, 5.41) is 3.27. The van der Waals surface area contributed by atoms with Crippen LogP contribution in [0.1, 0.15) is 39.7 Å². The molecule has 0 saturated carbocycles. The van der Waals surface area contributed by atoms with Gasteiger partial charge in [0.1, 0.15) is 11.6 Å². The highest BCUT2D eigenvalue weighted by atomic mass is 16.5. The van der Waals surface area contributed by atoms with Crippen LogP contribution in [-0.4, -0.2) is 11.5 Å². The van der Waals surface area contributed by atoms with Crippen LogP contribution in [0.2, 0.25) is 0 Å². The highest BCUT2D eigenvalue weighted by molar-refractivity contribution is 5.39.